The summed E-state index contributed by atoms with van der Waals surface area (Å²) >= 11 is 5.97. The van der Waals surface area contributed by atoms with Crippen LogP contribution in [0.25, 0.3) is 11.0 Å². The highest BCUT2D eigenvalue weighted by atomic mass is 35.5. The van der Waals surface area contributed by atoms with Crippen molar-refractivity contribution in [2.75, 3.05) is 0 Å². The van der Waals surface area contributed by atoms with E-state index in [0.29, 0.717) is 0 Å². The fourth-order valence-electron chi connectivity index (χ4n) is 2.79. The van der Waals surface area contributed by atoms with E-state index in [1.54, 1.807) is 0 Å². The molecular weight excluding hydrogens is 232 g/mol. The van der Waals surface area contributed by atoms with Gasteiger partial charge in [-0.3, -0.25) is 0 Å². The van der Waals surface area contributed by atoms with Crippen LogP contribution in [0.2, 0.25) is 5.02 Å². The van der Waals surface area contributed by atoms with Crippen molar-refractivity contribution < 1.29 is 0 Å². The van der Waals surface area contributed by atoms with Crippen LogP contribution in [0.4, 0.5) is 0 Å². The number of H-pyrrole nitrogens is 1. The molecule has 0 radical (unpaired) electrons. The monoisotopic (exact) mass is 248 g/mol. The highest BCUT2D eigenvalue weighted by molar-refractivity contribution is 6.31. The minimum atomic E-state index is 0.758. The van der Waals surface area contributed by atoms with Crippen molar-refractivity contribution >= 4 is 22.6 Å². The molecular formula is C14H17ClN2. The number of rotatable bonds is 2. The smallest absolute Gasteiger partial charge is 0.107 e. The van der Waals surface area contributed by atoms with Gasteiger partial charge in [0.05, 0.1) is 11.0 Å². The fraction of sp³-hybridized carbons (Fsp3) is 0.500. The van der Waals surface area contributed by atoms with Gasteiger partial charge in [0, 0.05) is 11.4 Å². The molecule has 3 heteroatoms. The molecule has 1 aromatic heterocycles. The lowest BCUT2D eigenvalue weighted by Crippen LogP contribution is -2.10. The molecule has 0 unspecified atom stereocenters. The first-order valence-electron chi connectivity index (χ1n) is 6.45. The van der Waals surface area contributed by atoms with E-state index >= 15 is 0 Å². The normalized spacial score (nSPS) is 17.7. The summed E-state index contributed by atoms with van der Waals surface area (Å²) in [7, 11) is 0. The van der Waals surface area contributed by atoms with Crippen LogP contribution in [0.15, 0.2) is 18.2 Å². The maximum absolute atomic E-state index is 5.97. The fourth-order valence-corrected chi connectivity index (χ4v) is 2.96. The van der Waals surface area contributed by atoms with Gasteiger partial charge in [0.2, 0.25) is 0 Å². The van der Waals surface area contributed by atoms with E-state index < -0.39 is 0 Å². The second-order valence-corrected chi connectivity index (χ2v) is 5.49. The molecule has 2 nitrogen and oxygen atoms in total. The molecule has 3 rings (SSSR count). The number of aromatic amines is 1. The van der Waals surface area contributed by atoms with Crippen molar-refractivity contribution in [2.24, 2.45) is 5.92 Å². The topological polar surface area (TPSA) is 28.7 Å². The maximum Gasteiger partial charge on any atom is 0.107 e. The van der Waals surface area contributed by atoms with Crippen molar-refractivity contribution in [3.63, 3.8) is 0 Å². The molecule has 1 fully saturated rings. The highest BCUT2D eigenvalue weighted by Gasteiger charge is 2.15. The number of aromatic nitrogens is 2. The zero-order valence-corrected chi connectivity index (χ0v) is 10.6. The molecule has 0 aliphatic heterocycles. The molecule has 0 bridgehead atoms. The maximum atomic E-state index is 5.97. The second-order valence-electron chi connectivity index (χ2n) is 5.05. The van der Waals surface area contributed by atoms with Gasteiger partial charge in [-0.25, -0.2) is 4.98 Å². The number of hydrogen-bond acceptors (Lipinski definition) is 1. The van der Waals surface area contributed by atoms with Crippen LogP contribution in [0, 0.1) is 5.92 Å². The third kappa shape index (κ3) is 2.47. The Bertz CT molecular complexity index is 512. The Morgan fingerprint density at radius 1 is 1.24 bits per heavy atom. The quantitative estimate of drug-likeness (QED) is 0.842. The Kier molecular flexibility index (Phi) is 3.06. The van der Waals surface area contributed by atoms with Crippen LogP contribution < -0.4 is 0 Å². The summed E-state index contributed by atoms with van der Waals surface area (Å²) in [6, 6.07) is 5.85. The van der Waals surface area contributed by atoms with E-state index in [-0.39, 0.29) is 0 Å². The van der Waals surface area contributed by atoms with E-state index in [1.807, 2.05) is 18.2 Å². The van der Waals surface area contributed by atoms with E-state index in [2.05, 4.69) is 9.97 Å². The molecule has 0 atom stereocenters. The van der Waals surface area contributed by atoms with Gasteiger partial charge in [0.25, 0.3) is 0 Å². The van der Waals surface area contributed by atoms with Crippen molar-refractivity contribution in [3.05, 3.63) is 29.0 Å². The van der Waals surface area contributed by atoms with Crippen molar-refractivity contribution in [2.45, 2.75) is 38.5 Å². The standard InChI is InChI=1S/C14H17ClN2/c15-11-6-7-12-13(9-11)17-14(16-12)8-10-4-2-1-3-5-10/h6-7,9-10H,1-5,8H2,(H,16,17). The van der Waals surface area contributed by atoms with Crippen LogP contribution in [0.1, 0.15) is 37.9 Å². The average molecular weight is 249 g/mol. The van der Waals surface area contributed by atoms with Gasteiger partial charge in [-0.05, 0) is 24.1 Å². The van der Waals surface area contributed by atoms with Crippen LogP contribution in [0.5, 0.6) is 0 Å². The first-order valence-corrected chi connectivity index (χ1v) is 6.83. The molecule has 17 heavy (non-hydrogen) atoms. The van der Waals surface area contributed by atoms with E-state index in [9.17, 15) is 0 Å². The lowest BCUT2D eigenvalue weighted by Gasteiger charge is -2.20. The van der Waals surface area contributed by atoms with Gasteiger partial charge >= 0.3 is 0 Å². The molecule has 1 aromatic carbocycles. The van der Waals surface area contributed by atoms with E-state index in [0.717, 1.165) is 34.2 Å². The minimum absolute atomic E-state index is 0.758. The lowest BCUT2D eigenvalue weighted by molar-refractivity contribution is 0.352. The molecule has 0 amide bonds. The van der Waals surface area contributed by atoms with Gasteiger partial charge in [0.1, 0.15) is 5.82 Å². The number of halogens is 1. The highest BCUT2D eigenvalue weighted by Crippen LogP contribution is 2.27. The Morgan fingerprint density at radius 2 is 2.06 bits per heavy atom. The molecule has 1 N–H and O–H groups in total. The van der Waals surface area contributed by atoms with Gasteiger partial charge in [-0.15, -0.1) is 0 Å². The molecule has 1 saturated carbocycles. The van der Waals surface area contributed by atoms with Gasteiger partial charge in [-0.2, -0.15) is 0 Å². The largest absolute Gasteiger partial charge is 0.342 e. The number of hydrogen-bond donors (Lipinski definition) is 1. The Balaban J connectivity index is 1.80. The summed E-state index contributed by atoms with van der Waals surface area (Å²) in [6.07, 6.45) is 7.99. The van der Waals surface area contributed by atoms with Crippen molar-refractivity contribution in [1.29, 1.82) is 0 Å². The zero-order chi connectivity index (χ0) is 11.7. The first kappa shape index (κ1) is 11.1. The Hall–Kier alpha value is -1.02. The Labute approximate surface area is 106 Å². The molecule has 1 aliphatic carbocycles. The summed E-state index contributed by atoms with van der Waals surface area (Å²) in [6.45, 7) is 0. The third-order valence-corrected chi connectivity index (χ3v) is 3.94. The van der Waals surface area contributed by atoms with Crippen LogP contribution in [-0.4, -0.2) is 9.97 Å². The van der Waals surface area contributed by atoms with Gasteiger partial charge < -0.3 is 4.98 Å². The number of nitrogens with zero attached hydrogens (tertiary/aromatic N) is 1. The number of fused-ring (bicyclic) bond motifs is 1. The molecule has 0 spiro atoms. The van der Waals surface area contributed by atoms with Crippen LogP contribution >= 0.6 is 11.6 Å². The number of nitrogens with one attached hydrogen (secondary N) is 1. The number of benzene rings is 1. The third-order valence-electron chi connectivity index (χ3n) is 3.70. The van der Waals surface area contributed by atoms with Crippen molar-refractivity contribution in [1.82, 2.24) is 9.97 Å². The van der Waals surface area contributed by atoms with Crippen molar-refractivity contribution in [3.8, 4) is 0 Å². The second kappa shape index (κ2) is 4.69. The molecule has 1 heterocycles. The molecule has 0 saturated heterocycles. The van der Waals surface area contributed by atoms with Gasteiger partial charge in [0.15, 0.2) is 0 Å². The van der Waals surface area contributed by atoms with Crippen LogP contribution in [0.3, 0.4) is 0 Å². The van der Waals surface area contributed by atoms with E-state index in [4.69, 9.17) is 11.6 Å². The molecule has 90 valence electrons. The van der Waals surface area contributed by atoms with Gasteiger partial charge in [-0.1, -0.05) is 43.7 Å². The molecule has 1 aliphatic rings. The number of imidazole rings is 1. The minimum Gasteiger partial charge on any atom is -0.342 e. The summed E-state index contributed by atoms with van der Waals surface area (Å²) < 4.78 is 0. The molecule has 2 aromatic rings. The summed E-state index contributed by atoms with van der Waals surface area (Å²) in [5.41, 5.74) is 2.09. The zero-order valence-electron chi connectivity index (χ0n) is 9.88. The summed E-state index contributed by atoms with van der Waals surface area (Å²) in [5.74, 6) is 1.94. The first-order chi connectivity index (χ1) is 8.31. The van der Waals surface area contributed by atoms with Crippen LogP contribution in [-0.2, 0) is 6.42 Å². The predicted molar refractivity (Wildman–Crippen MR) is 71.4 cm³/mol. The predicted octanol–water partition coefficient (Wildman–Crippen LogP) is 4.34. The lowest BCUT2D eigenvalue weighted by atomic mass is 9.87. The van der Waals surface area contributed by atoms with E-state index in [1.165, 1.54) is 32.1 Å². The average Bonchev–Trinajstić information content (AvgIpc) is 2.71. The summed E-state index contributed by atoms with van der Waals surface area (Å²) in [4.78, 5) is 8.03. The summed E-state index contributed by atoms with van der Waals surface area (Å²) in [5, 5.41) is 0.758. The SMILES string of the molecule is Clc1ccc2[nH]c(CC3CCCCC3)nc2c1. The Morgan fingerprint density at radius 3 is 2.88 bits per heavy atom.